The number of hydrogen-bond donors (Lipinski definition) is 0. The summed E-state index contributed by atoms with van der Waals surface area (Å²) < 4.78 is 5.94. The highest BCUT2D eigenvalue weighted by Crippen LogP contribution is 2.25. The van der Waals surface area contributed by atoms with Crippen LogP contribution in [0.25, 0.3) is 0 Å². The van der Waals surface area contributed by atoms with Gasteiger partial charge in [-0.3, -0.25) is 14.5 Å². The standard InChI is InChI=1S/C59H117N3O3/c1-6-11-16-21-26-31-36-41-57(42-37-32-27-22-17-12-7-2)54-59(64)65-53-45-56-43-49-62(50-44-56)58(63)55-61(48-40-35-30-25-20-15-10-5)52-51-60(46-38-33-28-23-18-13-8-3)47-39-34-29-24-19-14-9-4/h56-57H,6-55H2,1-5H3. The Bertz CT molecular complexity index is 963. The minimum atomic E-state index is 0.0259. The number of likely N-dealkylation sites (tertiary alicyclic amines) is 1. The Morgan fingerprint density at radius 3 is 1.18 bits per heavy atom. The molecule has 1 heterocycles. The first-order chi connectivity index (χ1) is 32.0. The lowest BCUT2D eigenvalue weighted by molar-refractivity contribution is -0.145. The van der Waals surface area contributed by atoms with Crippen LogP contribution in [0.2, 0.25) is 0 Å². The molecule has 386 valence electrons. The summed E-state index contributed by atoms with van der Waals surface area (Å²) in [7, 11) is 0. The topological polar surface area (TPSA) is 53.1 Å². The molecule has 0 saturated carbocycles. The summed E-state index contributed by atoms with van der Waals surface area (Å²) in [4.78, 5) is 34.5. The number of carbonyl (C=O) groups is 2. The van der Waals surface area contributed by atoms with Crippen LogP contribution in [0.3, 0.4) is 0 Å². The molecule has 0 radical (unpaired) electrons. The fourth-order valence-electron chi connectivity index (χ4n) is 10.3. The van der Waals surface area contributed by atoms with E-state index in [9.17, 15) is 9.59 Å². The molecule has 1 amide bonds. The Morgan fingerprint density at radius 2 is 0.785 bits per heavy atom. The third-order valence-electron chi connectivity index (χ3n) is 15.0. The maximum Gasteiger partial charge on any atom is 0.306 e. The Balaban J connectivity index is 2.65. The minimum absolute atomic E-state index is 0.0259. The summed E-state index contributed by atoms with van der Waals surface area (Å²) in [5, 5.41) is 0. The maximum absolute atomic E-state index is 13.9. The number of carbonyl (C=O) groups excluding carboxylic acids is 2. The molecule has 1 rings (SSSR count). The van der Waals surface area contributed by atoms with Crippen molar-refractivity contribution < 1.29 is 14.3 Å². The summed E-state index contributed by atoms with van der Waals surface area (Å²) >= 11 is 0. The number of amides is 1. The van der Waals surface area contributed by atoms with Gasteiger partial charge in [-0.05, 0) is 82.8 Å². The smallest absolute Gasteiger partial charge is 0.306 e. The zero-order valence-electron chi connectivity index (χ0n) is 45.1. The van der Waals surface area contributed by atoms with Gasteiger partial charge < -0.3 is 14.5 Å². The number of nitrogens with zero attached hydrogens (tertiary/aromatic N) is 3. The van der Waals surface area contributed by atoms with Crippen LogP contribution in [-0.4, -0.2) is 85.5 Å². The van der Waals surface area contributed by atoms with E-state index in [2.05, 4.69) is 49.3 Å². The van der Waals surface area contributed by atoms with E-state index in [-0.39, 0.29) is 5.97 Å². The quantitative estimate of drug-likeness (QED) is 0.0450. The predicted octanol–water partition coefficient (Wildman–Crippen LogP) is 17.3. The maximum atomic E-state index is 13.9. The van der Waals surface area contributed by atoms with Crippen molar-refractivity contribution in [2.45, 2.75) is 298 Å². The van der Waals surface area contributed by atoms with Gasteiger partial charge in [0.1, 0.15) is 0 Å². The Hall–Kier alpha value is -1.14. The average molecular weight is 917 g/mol. The van der Waals surface area contributed by atoms with Gasteiger partial charge in [0.05, 0.1) is 13.2 Å². The van der Waals surface area contributed by atoms with E-state index in [0.717, 1.165) is 52.0 Å². The van der Waals surface area contributed by atoms with Crippen LogP contribution in [0.4, 0.5) is 0 Å². The second-order valence-corrected chi connectivity index (χ2v) is 21.2. The van der Waals surface area contributed by atoms with E-state index in [1.165, 1.54) is 251 Å². The summed E-state index contributed by atoms with van der Waals surface area (Å²) in [6.45, 7) is 19.9. The first-order valence-corrected chi connectivity index (χ1v) is 29.8. The number of rotatable bonds is 50. The summed E-state index contributed by atoms with van der Waals surface area (Å²) in [6.07, 6.45) is 52.8. The number of ether oxygens (including phenoxy) is 1. The molecule has 0 N–H and O–H groups in total. The fraction of sp³-hybridized carbons (Fsp3) is 0.966. The van der Waals surface area contributed by atoms with Crippen molar-refractivity contribution in [3.63, 3.8) is 0 Å². The molecule has 0 aromatic carbocycles. The van der Waals surface area contributed by atoms with Crippen molar-refractivity contribution in [3.05, 3.63) is 0 Å². The van der Waals surface area contributed by atoms with Gasteiger partial charge in [-0.25, -0.2) is 0 Å². The number of unbranched alkanes of at least 4 members (excludes halogenated alkanes) is 30. The molecule has 1 saturated heterocycles. The van der Waals surface area contributed by atoms with Gasteiger partial charge in [0, 0.05) is 32.6 Å². The van der Waals surface area contributed by atoms with E-state index < -0.39 is 0 Å². The Morgan fingerprint density at radius 1 is 0.446 bits per heavy atom. The molecule has 0 spiro atoms. The lowest BCUT2D eigenvalue weighted by atomic mass is 9.91. The van der Waals surface area contributed by atoms with E-state index in [0.29, 0.717) is 37.3 Å². The Kier molecular flexibility index (Phi) is 45.6. The molecule has 1 fully saturated rings. The molecule has 0 aliphatic carbocycles. The van der Waals surface area contributed by atoms with Crippen molar-refractivity contribution in [2.24, 2.45) is 11.8 Å². The van der Waals surface area contributed by atoms with Crippen LogP contribution in [-0.2, 0) is 14.3 Å². The zero-order valence-corrected chi connectivity index (χ0v) is 45.1. The van der Waals surface area contributed by atoms with Crippen molar-refractivity contribution in [3.8, 4) is 0 Å². The molecular formula is C59H117N3O3. The number of hydrogen-bond acceptors (Lipinski definition) is 5. The van der Waals surface area contributed by atoms with Crippen LogP contribution < -0.4 is 0 Å². The number of piperidine rings is 1. The van der Waals surface area contributed by atoms with E-state index in [4.69, 9.17) is 4.74 Å². The first kappa shape index (κ1) is 61.9. The monoisotopic (exact) mass is 916 g/mol. The lowest BCUT2D eigenvalue weighted by Gasteiger charge is -2.34. The average Bonchev–Trinajstić information content (AvgIpc) is 3.31. The molecule has 0 unspecified atom stereocenters. The van der Waals surface area contributed by atoms with Crippen molar-refractivity contribution in [1.29, 1.82) is 0 Å². The van der Waals surface area contributed by atoms with Gasteiger partial charge >= 0.3 is 5.97 Å². The predicted molar refractivity (Wildman–Crippen MR) is 285 cm³/mol. The highest BCUT2D eigenvalue weighted by molar-refractivity contribution is 5.78. The molecule has 0 aromatic rings. The van der Waals surface area contributed by atoms with Gasteiger partial charge in [-0.2, -0.15) is 0 Å². The summed E-state index contributed by atoms with van der Waals surface area (Å²) in [5.74, 6) is 1.37. The normalized spacial score (nSPS) is 13.6. The Labute approximate surface area is 408 Å². The third-order valence-corrected chi connectivity index (χ3v) is 15.0. The van der Waals surface area contributed by atoms with Crippen molar-refractivity contribution in [2.75, 3.05) is 59.0 Å². The fourth-order valence-corrected chi connectivity index (χ4v) is 10.3. The first-order valence-electron chi connectivity index (χ1n) is 29.8. The van der Waals surface area contributed by atoms with Gasteiger partial charge in [0.2, 0.25) is 5.91 Å². The van der Waals surface area contributed by atoms with Crippen LogP contribution in [0, 0.1) is 11.8 Å². The molecule has 1 aliphatic heterocycles. The van der Waals surface area contributed by atoms with E-state index in [1.54, 1.807) is 0 Å². The largest absolute Gasteiger partial charge is 0.466 e. The van der Waals surface area contributed by atoms with Crippen LogP contribution in [0.15, 0.2) is 0 Å². The molecule has 6 nitrogen and oxygen atoms in total. The summed E-state index contributed by atoms with van der Waals surface area (Å²) in [6, 6.07) is 0. The molecule has 0 bridgehead atoms. The zero-order chi connectivity index (χ0) is 47.1. The van der Waals surface area contributed by atoms with Gasteiger partial charge in [-0.1, -0.05) is 240 Å². The molecule has 1 aliphatic rings. The van der Waals surface area contributed by atoms with Crippen LogP contribution in [0.5, 0.6) is 0 Å². The van der Waals surface area contributed by atoms with Gasteiger partial charge in [-0.15, -0.1) is 0 Å². The van der Waals surface area contributed by atoms with Crippen LogP contribution >= 0.6 is 0 Å². The second kappa shape index (κ2) is 47.9. The van der Waals surface area contributed by atoms with Gasteiger partial charge in [0.25, 0.3) is 0 Å². The van der Waals surface area contributed by atoms with Gasteiger partial charge in [0.15, 0.2) is 0 Å². The van der Waals surface area contributed by atoms with E-state index in [1.807, 2.05) is 0 Å². The van der Waals surface area contributed by atoms with Crippen molar-refractivity contribution in [1.82, 2.24) is 14.7 Å². The van der Waals surface area contributed by atoms with Crippen molar-refractivity contribution >= 4 is 11.9 Å². The van der Waals surface area contributed by atoms with Crippen LogP contribution in [0.1, 0.15) is 298 Å². The third kappa shape index (κ3) is 39.4. The molecule has 65 heavy (non-hydrogen) atoms. The second-order valence-electron chi connectivity index (χ2n) is 21.2. The molecule has 6 heteroatoms. The van der Waals surface area contributed by atoms with E-state index >= 15 is 0 Å². The minimum Gasteiger partial charge on any atom is -0.466 e. The highest BCUT2D eigenvalue weighted by Gasteiger charge is 2.25. The summed E-state index contributed by atoms with van der Waals surface area (Å²) in [5.41, 5.74) is 0. The lowest BCUT2D eigenvalue weighted by Crippen LogP contribution is -2.46. The molecule has 0 atom stereocenters. The highest BCUT2D eigenvalue weighted by atomic mass is 16.5. The molecule has 0 aromatic heterocycles. The number of esters is 1. The molecular weight excluding hydrogens is 799 g/mol. The SMILES string of the molecule is CCCCCCCCCC(CCCCCCCCC)CC(=O)OCCC1CCN(C(=O)CN(CCCCCCCCC)CCN(CCCCCCCCC)CCCCCCCCC)CC1.